The zero-order valence-corrected chi connectivity index (χ0v) is 19.8. The molecule has 3 aromatic rings. The lowest BCUT2D eigenvalue weighted by Gasteiger charge is -2.40. The van der Waals surface area contributed by atoms with Crippen LogP contribution in [0.25, 0.3) is 16.0 Å². The molecule has 3 atom stereocenters. The van der Waals surface area contributed by atoms with Crippen molar-refractivity contribution in [3.63, 3.8) is 0 Å². The molecule has 0 spiro atoms. The number of nitrogens with zero attached hydrogens (tertiary/aromatic N) is 2. The summed E-state index contributed by atoms with van der Waals surface area (Å²) in [6.45, 7) is 5.25. The van der Waals surface area contributed by atoms with E-state index in [-0.39, 0.29) is 34.9 Å². The Hall–Kier alpha value is -3.07. The Morgan fingerprint density at radius 3 is 2.76 bits per heavy atom. The van der Waals surface area contributed by atoms with Gasteiger partial charge in [0.1, 0.15) is 22.8 Å². The van der Waals surface area contributed by atoms with E-state index in [1.54, 1.807) is 30.0 Å². The summed E-state index contributed by atoms with van der Waals surface area (Å²) >= 11 is 1.57. The van der Waals surface area contributed by atoms with Crippen molar-refractivity contribution in [1.29, 1.82) is 0 Å². The third-order valence-corrected chi connectivity index (χ3v) is 7.53. The van der Waals surface area contributed by atoms with Gasteiger partial charge in [-0.3, -0.25) is 4.79 Å². The van der Waals surface area contributed by atoms with E-state index in [2.05, 4.69) is 22.5 Å². The molecule has 0 aliphatic carbocycles. The van der Waals surface area contributed by atoms with Crippen LogP contribution in [0.15, 0.2) is 52.6 Å². The zero-order valence-electron chi connectivity index (χ0n) is 19.0. The summed E-state index contributed by atoms with van der Waals surface area (Å²) in [6.07, 6.45) is 1.94. The molecule has 0 radical (unpaired) electrons. The number of aromatic nitrogens is 1. The number of hydrogen-bond donors (Lipinski definition) is 2. The average Bonchev–Trinajstić information content (AvgIpc) is 3.40. The van der Waals surface area contributed by atoms with Crippen molar-refractivity contribution < 1.29 is 18.0 Å². The normalized spacial score (nSPS) is 22.8. The fourth-order valence-corrected chi connectivity index (χ4v) is 5.70. The van der Waals surface area contributed by atoms with Gasteiger partial charge in [-0.2, -0.15) is 4.98 Å². The van der Waals surface area contributed by atoms with Gasteiger partial charge in [-0.1, -0.05) is 30.8 Å². The number of anilines is 1. The zero-order chi connectivity index (χ0) is 23.8. The predicted octanol–water partition coefficient (Wildman–Crippen LogP) is 5.20. The molecule has 1 amide bonds. The quantitative estimate of drug-likeness (QED) is 0.519. The number of carbonyl (C=O) groups excluding carboxylic acids is 1. The summed E-state index contributed by atoms with van der Waals surface area (Å²) in [7, 11) is 0. The van der Waals surface area contributed by atoms with E-state index < -0.39 is 0 Å². The molecule has 6 nitrogen and oxygen atoms in total. The van der Waals surface area contributed by atoms with Gasteiger partial charge in [0.05, 0.1) is 11.4 Å². The largest absolute Gasteiger partial charge is 0.424 e. The van der Waals surface area contributed by atoms with Crippen molar-refractivity contribution in [3.05, 3.63) is 65.4 Å². The van der Waals surface area contributed by atoms with Crippen LogP contribution in [-0.4, -0.2) is 40.3 Å². The molecule has 0 saturated carbocycles. The van der Waals surface area contributed by atoms with Crippen LogP contribution in [0.3, 0.4) is 0 Å². The monoisotopic (exact) mass is 484 g/mol. The summed E-state index contributed by atoms with van der Waals surface area (Å²) in [6, 6.07) is 10.7. The number of carbonyl (C=O) groups is 1. The number of rotatable bonds is 5. The van der Waals surface area contributed by atoms with Crippen molar-refractivity contribution in [3.8, 4) is 0 Å². The summed E-state index contributed by atoms with van der Waals surface area (Å²) in [5.41, 5.74) is 2.33. The van der Waals surface area contributed by atoms with Crippen molar-refractivity contribution in [1.82, 2.24) is 15.2 Å². The maximum Gasteiger partial charge on any atom is 0.295 e. The summed E-state index contributed by atoms with van der Waals surface area (Å²) < 4.78 is 32.6. The lowest BCUT2D eigenvalue weighted by Crippen LogP contribution is -2.52. The number of benzene rings is 2. The highest BCUT2D eigenvalue weighted by atomic mass is 32.2. The van der Waals surface area contributed by atoms with E-state index in [0.29, 0.717) is 35.9 Å². The number of thioether (sulfide) groups is 1. The Kier molecular flexibility index (Phi) is 6.20. The summed E-state index contributed by atoms with van der Waals surface area (Å²) in [4.78, 5) is 20.8. The third-order valence-electron chi connectivity index (χ3n) is 6.38. The van der Waals surface area contributed by atoms with E-state index in [0.717, 1.165) is 23.3 Å². The van der Waals surface area contributed by atoms with E-state index in [1.807, 2.05) is 11.8 Å². The van der Waals surface area contributed by atoms with Crippen LogP contribution in [0, 0.1) is 17.6 Å². The fourth-order valence-electron chi connectivity index (χ4n) is 4.63. The molecule has 2 N–H and O–H groups in total. The minimum Gasteiger partial charge on any atom is -0.424 e. The van der Waals surface area contributed by atoms with Gasteiger partial charge >= 0.3 is 0 Å². The van der Waals surface area contributed by atoms with Gasteiger partial charge in [-0.15, -0.1) is 0 Å². The maximum atomic E-state index is 13.8. The number of oxazole rings is 1. The van der Waals surface area contributed by atoms with Gasteiger partial charge in [0.15, 0.2) is 5.58 Å². The highest BCUT2D eigenvalue weighted by Gasteiger charge is 2.37. The second-order valence-corrected chi connectivity index (χ2v) is 10.2. The van der Waals surface area contributed by atoms with Crippen molar-refractivity contribution in [2.24, 2.45) is 5.92 Å². The minimum atomic E-state index is -0.369. The predicted molar refractivity (Wildman–Crippen MR) is 130 cm³/mol. The fraction of sp³-hybridized carbons (Fsp3) is 0.360. The van der Waals surface area contributed by atoms with Gasteiger partial charge in [-0.25, -0.2) is 8.78 Å². The Balaban J connectivity index is 1.38. The molecule has 1 saturated heterocycles. The average molecular weight is 485 g/mol. The van der Waals surface area contributed by atoms with Crippen LogP contribution in [0.5, 0.6) is 0 Å². The Morgan fingerprint density at radius 2 is 1.97 bits per heavy atom. The summed E-state index contributed by atoms with van der Waals surface area (Å²) in [5.74, 6) is -0.465. The van der Waals surface area contributed by atoms with Crippen LogP contribution >= 0.6 is 11.8 Å². The van der Waals surface area contributed by atoms with Crippen molar-refractivity contribution >= 4 is 39.7 Å². The van der Waals surface area contributed by atoms with Crippen LogP contribution in [0.2, 0.25) is 0 Å². The molecule has 2 aromatic carbocycles. The maximum absolute atomic E-state index is 13.8. The smallest absolute Gasteiger partial charge is 0.295 e. The molecule has 1 fully saturated rings. The lowest BCUT2D eigenvalue weighted by molar-refractivity contribution is -0.132. The van der Waals surface area contributed by atoms with Gasteiger partial charge in [0, 0.05) is 24.1 Å². The molecular weight excluding hydrogens is 458 g/mol. The summed E-state index contributed by atoms with van der Waals surface area (Å²) in [5, 5.41) is 6.57. The van der Waals surface area contributed by atoms with Crippen molar-refractivity contribution in [2.75, 3.05) is 18.4 Å². The number of hydrogen-bond acceptors (Lipinski definition) is 6. The van der Waals surface area contributed by atoms with Crippen LogP contribution in [0.4, 0.5) is 14.8 Å². The lowest BCUT2D eigenvalue weighted by atomic mass is 9.90. The Labute approximate surface area is 200 Å². The molecular formula is C25H26F2N4O2S. The number of halogens is 2. The number of amides is 1. The number of piperidine rings is 1. The first-order valence-corrected chi connectivity index (χ1v) is 12.3. The van der Waals surface area contributed by atoms with E-state index in [1.165, 1.54) is 24.3 Å². The first kappa shape index (κ1) is 22.7. The van der Waals surface area contributed by atoms with Crippen LogP contribution in [0.1, 0.15) is 32.3 Å². The highest BCUT2D eigenvalue weighted by molar-refractivity contribution is 8.09. The van der Waals surface area contributed by atoms with Crippen LogP contribution in [-0.2, 0) is 4.79 Å². The number of likely N-dealkylation sites (tertiary alicyclic amines) is 1. The minimum absolute atomic E-state index is 0.0398. The van der Waals surface area contributed by atoms with Gasteiger partial charge in [0.25, 0.3) is 11.9 Å². The van der Waals surface area contributed by atoms with Gasteiger partial charge < -0.3 is 20.0 Å². The van der Waals surface area contributed by atoms with E-state index >= 15 is 0 Å². The van der Waals surface area contributed by atoms with Gasteiger partial charge in [0.2, 0.25) is 0 Å². The molecule has 1 aromatic heterocycles. The molecule has 9 heteroatoms. The SMILES string of the molecule is CC1NC(C(=O)N2CCC[C@@H](C)[C@H]2CNc2nc3cc(F)ccc3o2)=C(c2ccc(F)cc2)S1. The standard InChI is InChI=1S/C25H26F2N4O2S/c1-14-4-3-11-31(20(14)13-28-25-30-19-12-18(27)9-10-21(19)33-25)24(32)22-23(34-15(2)29-22)16-5-7-17(26)8-6-16/h5-10,12,14-15,20,29H,3-4,11,13H2,1-2H3,(H,28,30)/t14-,15?,20-/m1/s1. The highest BCUT2D eigenvalue weighted by Crippen LogP contribution is 2.39. The van der Waals surface area contributed by atoms with E-state index in [9.17, 15) is 13.6 Å². The second-order valence-electron chi connectivity index (χ2n) is 8.81. The molecule has 2 aliphatic rings. The number of nitrogens with one attached hydrogen (secondary N) is 2. The topological polar surface area (TPSA) is 70.4 Å². The first-order valence-electron chi connectivity index (χ1n) is 11.4. The molecule has 3 heterocycles. The van der Waals surface area contributed by atoms with Crippen LogP contribution < -0.4 is 10.6 Å². The Morgan fingerprint density at radius 1 is 1.21 bits per heavy atom. The molecule has 34 heavy (non-hydrogen) atoms. The van der Waals surface area contributed by atoms with Crippen molar-refractivity contribution in [2.45, 2.75) is 38.1 Å². The number of fused-ring (bicyclic) bond motifs is 1. The van der Waals surface area contributed by atoms with E-state index in [4.69, 9.17) is 4.42 Å². The molecule has 5 rings (SSSR count). The second kappa shape index (κ2) is 9.29. The third kappa shape index (κ3) is 4.49. The molecule has 2 aliphatic heterocycles. The first-order chi connectivity index (χ1) is 16.4. The molecule has 1 unspecified atom stereocenters. The molecule has 0 bridgehead atoms. The Bertz CT molecular complexity index is 1240. The molecule has 178 valence electrons. The van der Waals surface area contributed by atoms with Gasteiger partial charge in [-0.05, 0) is 55.5 Å².